The van der Waals surface area contributed by atoms with Crippen molar-refractivity contribution < 1.29 is 42.9 Å². The Balaban J connectivity index is 3.01. The van der Waals surface area contributed by atoms with Gasteiger partial charge in [-0.1, -0.05) is 6.92 Å². The number of carbonyl (C=O) groups excluding carboxylic acids is 4. The van der Waals surface area contributed by atoms with E-state index in [1.54, 1.807) is 6.92 Å². The summed E-state index contributed by atoms with van der Waals surface area (Å²) in [6, 6.07) is -0.744. The first-order valence-electron chi connectivity index (χ1n) is 9.68. The maximum absolute atomic E-state index is 12.8. The third kappa shape index (κ3) is 8.11. The number of hydrogen-bond donors (Lipinski definition) is 1. The van der Waals surface area contributed by atoms with Crippen LogP contribution in [0.25, 0.3) is 0 Å². The summed E-state index contributed by atoms with van der Waals surface area (Å²) in [4.78, 5) is 46.9. The Labute approximate surface area is 180 Å². The minimum Gasteiger partial charge on any atom is -0.466 e. The zero-order chi connectivity index (χ0) is 22.8. The molecule has 1 fully saturated rings. The molecule has 0 bridgehead atoms. The van der Waals surface area contributed by atoms with Crippen molar-refractivity contribution in [2.24, 2.45) is 0 Å². The number of methoxy groups -OCH3 is 1. The summed E-state index contributed by atoms with van der Waals surface area (Å²) in [5, 5.41) is 2.75. The number of ether oxygens (including phenoxy) is 5. The zero-order valence-corrected chi connectivity index (χ0v) is 19.0. The molecule has 10 nitrogen and oxygen atoms in total. The second kappa shape index (κ2) is 12.8. The van der Waals surface area contributed by atoms with E-state index in [1.165, 1.54) is 39.6 Å². The lowest BCUT2D eigenvalue weighted by molar-refractivity contribution is -0.190. The van der Waals surface area contributed by atoms with Crippen molar-refractivity contribution >= 4 is 35.6 Å². The van der Waals surface area contributed by atoms with Gasteiger partial charge in [-0.3, -0.25) is 19.2 Å². The summed E-state index contributed by atoms with van der Waals surface area (Å²) in [6.45, 7) is 7.30. The summed E-state index contributed by atoms with van der Waals surface area (Å²) in [5.74, 6) is -1.56. The average molecular weight is 450 g/mol. The van der Waals surface area contributed by atoms with Gasteiger partial charge in [0, 0.05) is 34.3 Å². The summed E-state index contributed by atoms with van der Waals surface area (Å²) in [6.07, 6.45) is -3.15. The maximum Gasteiger partial charge on any atom is 0.303 e. The van der Waals surface area contributed by atoms with Crippen LogP contribution < -0.4 is 5.32 Å². The van der Waals surface area contributed by atoms with E-state index in [2.05, 4.69) is 5.32 Å². The summed E-state index contributed by atoms with van der Waals surface area (Å²) in [5.41, 5.74) is -0.388. The van der Waals surface area contributed by atoms with Crippen molar-refractivity contribution in [1.82, 2.24) is 5.32 Å². The van der Waals surface area contributed by atoms with Crippen LogP contribution in [-0.4, -0.2) is 79.2 Å². The van der Waals surface area contributed by atoms with Crippen LogP contribution in [0.4, 0.5) is 0 Å². The van der Waals surface area contributed by atoms with Gasteiger partial charge in [-0.15, -0.1) is 11.8 Å². The molecular weight excluding hydrogens is 418 g/mol. The van der Waals surface area contributed by atoms with E-state index < -0.39 is 54.3 Å². The molecule has 1 heterocycles. The third-order valence-corrected chi connectivity index (χ3v) is 5.34. The minimum absolute atomic E-state index is 0.0206. The fraction of sp³-hybridized carbons (Fsp3) is 0.789. The van der Waals surface area contributed by atoms with Crippen LogP contribution in [0.15, 0.2) is 0 Å². The monoisotopic (exact) mass is 449 g/mol. The highest BCUT2D eigenvalue weighted by molar-refractivity contribution is 7.99. The van der Waals surface area contributed by atoms with Gasteiger partial charge in [0.2, 0.25) is 0 Å². The van der Waals surface area contributed by atoms with Crippen molar-refractivity contribution in [3.05, 3.63) is 0 Å². The van der Waals surface area contributed by atoms with E-state index in [-0.39, 0.29) is 18.5 Å². The third-order valence-electron chi connectivity index (χ3n) is 4.30. The number of thioether (sulfide) groups is 1. The van der Waals surface area contributed by atoms with Crippen molar-refractivity contribution in [2.45, 2.75) is 76.9 Å². The summed E-state index contributed by atoms with van der Waals surface area (Å²) >= 11 is 1.50. The first-order valence-corrected chi connectivity index (χ1v) is 10.7. The van der Waals surface area contributed by atoms with Gasteiger partial charge in [-0.2, -0.15) is 0 Å². The van der Waals surface area contributed by atoms with E-state index in [9.17, 15) is 19.2 Å². The topological polar surface area (TPSA) is 126 Å². The Morgan fingerprint density at radius 2 is 1.73 bits per heavy atom. The molecule has 0 aromatic carbocycles. The second-order valence-electron chi connectivity index (χ2n) is 6.70. The normalized spacial score (nSPS) is 26.9. The molecule has 0 aromatic rings. The van der Waals surface area contributed by atoms with Gasteiger partial charge in [0.25, 0.3) is 5.91 Å². The van der Waals surface area contributed by atoms with Crippen molar-refractivity contribution in [3.63, 3.8) is 0 Å². The van der Waals surface area contributed by atoms with Crippen molar-refractivity contribution in [3.8, 4) is 0 Å². The SMILES string of the molecule is CCS[C@@H]1O[C@H](C)[C@@H](NC(=O)[C@H](CCOC(C)=O)OC(C)=O)[C@H](OC(C)=O)[C@@H]1OC. The fourth-order valence-corrected chi connectivity index (χ4v) is 4.12. The van der Waals surface area contributed by atoms with Gasteiger partial charge in [-0.25, -0.2) is 0 Å². The van der Waals surface area contributed by atoms with Crippen LogP contribution >= 0.6 is 11.8 Å². The molecule has 0 spiro atoms. The molecule has 1 aliphatic heterocycles. The number of amides is 1. The number of nitrogens with one attached hydrogen (secondary N) is 1. The van der Waals surface area contributed by atoms with Crippen LogP contribution in [0.1, 0.15) is 41.0 Å². The molecule has 1 rings (SSSR count). The Hall–Kier alpha value is -1.85. The van der Waals surface area contributed by atoms with Gasteiger partial charge in [0.1, 0.15) is 11.5 Å². The van der Waals surface area contributed by atoms with Crippen molar-refractivity contribution in [2.75, 3.05) is 19.5 Å². The molecule has 0 unspecified atom stereocenters. The zero-order valence-electron chi connectivity index (χ0n) is 18.2. The summed E-state index contributed by atoms with van der Waals surface area (Å²) < 4.78 is 26.9. The number of hydrogen-bond acceptors (Lipinski definition) is 10. The molecule has 172 valence electrons. The van der Waals surface area contributed by atoms with Crippen molar-refractivity contribution in [1.29, 1.82) is 0 Å². The van der Waals surface area contributed by atoms with E-state index in [0.29, 0.717) is 0 Å². The molecule has 0 aliphatic carbocycles. The van der Waals surface area contributed by atoms with E-state index in [1.807, 2.05) is 6.92 Å². The lowest BCUT2D eigenvalue weighted by atomic mass is 9.97. The number of esters is 3. The predicted molar refractivity (Wildman–Crippen MR) is 108 cm³/mol. The first kappa shape index (κ1) is 26.2. The van der Waals surface area contributed by atoms with E-state index in [4.69, 9.17) is 23.7 Å². The Morgan fingerprint density at radius 3 is 2.23 bits per heavy atom. The maximum atomic E-state index is 12.8. The molecule has 0 saturated carbocycles. The van der Waals surface area contributed by atoms with Crippen LogP contribution in [-0.2, 0) is 42.9 Å². The van der Waals surface area contributed by atoms with E-state index in [0.717, 1.165) is 5.75 Å². The van der Waals surface area contributed by atoms with Gasteiger partial charge in [0.05, 0.1) is 18.8 Å². The molecule has 1 N–H and O–H groups in total. The van der Waals surface area contributed by atoms with Gasteiger partial charge in [-0.05, 0) is 12.7 Å². The molecule has 0 aromatic heterocycles. The molecule has 6 atom stereocenters. The molecule has 0 radical (unpaired) electrons. The van der Waals surface area contributed by atoms with Gasteiger partial charge >= 0.3 is 17.9 Å². The predicted octanol–water partition coefficient (Wildman–Crippen LogP) is 0.801. The highest BCUT2D eigenvalue weighted by Crippen LogP contribution is 2.32. The quantitative estimate of drug-likeness (QED) is 0.378. The minimum atomic E-state index is -1.18. The van der Waals surface area contributed by atoms with Crippen LogP contribution in [0.2, 0.25) is 0 Å². The molecule has 1 amide bonds. The number of carbonyl (C=O) groups is 4. The first-order chi connectivity index (χ1) is 14.1. The molecule has 1 aliphatic rings. The molecule has 1 saturated heterocycles. The Morgan fingerprint density at radius 1 is 1.07 bits per heavy atom. The van der Waals surface area contributed by atoms with Crippen LogP contribution in [0, 0.1) is 0 Å². The number of rotatable bonds is 10. The lowest BCUT2D eigenvalue weighted by Crippen LogP contribution is -2.64. The average Bonchev–Trinajstić information content (AvgIpc) is 2.63. The second-order valence-corrected chi connectivity index (χ2v) is 8.08. The largest absolute Gasteiger partial charge is 0.466 e. The fourth-order valence-electron chi connectivity index (χ4n) is 3.09. The Bertz CT molecular complexity index is 615. The van der Waals surface area contributed by atoms with Crippen LogP contribution in [0.3, 0.4) is 0 Å². The summed E-state index contributed by atoms with van der Waals surface area (Å²) in [7, 11) is 1.48. The highest BCUT2D eigenvalue weighted by atomic mass is 32.2. The molecule has 30 heavy (non-hydrogen) atoms. The standard InChI is InChI=1S/C19H31NO9S/c1-7-30-19-17(25-6)16(29-13(5)23)15(10(2)27-19)20-18(24)14(28-12(4)22)8-9-26-11(3)21/h10,14-17,19H,7-9H2,1-6H3,(H,20,24)/t10-,14+,15-,16+,17+,19+/m1/s1. The molecular formula is C19H31NO9S. The Kier molecular flexibility index (Phi) is 11.1. The van der Waals surface area contributed by atoms with Crippen LogP contribution in [0.5, 0.6) is 0 Å². The van der Waals surface area contributed by atoms with Gasteiger partial charge in [0.15, 0.2) is 12.2 Å². The highest BCUT2D eigenvalue weighted by Gasteiger charge is 2.48. The molecule has 11 heteroatoms. The van der Waals surface area contributed by atoms with E-state index >= 15 is 0 Å². The van der Waals surface area contributed by atoms with Gasteiger partial charge < -0.3 is 29.0 Å². The lowest BCUT2D eigenvalue weighted by Gasteiger charge is -2.44. The smallest absolute Gasteiger partial charge is 0.303 e.